The zero-order chi connectivity index (χ0) is 14.7. The molecule has 2 aromatic rings. The molecule has 0 unspecified atom stereocenters. The first kappa shape index (κ1) is 14.1. The first-order valence-corrected chi connectivity index (χ1v) is 7.92. The predicted octanol–water partition coefficient (Wildman–Crippen LogP) is 5.08. The molecule has 2 aromatic carbocycles. The summed E-state index contributed by atoms with van der Waals surface area (Å²) in [6.45, 7) is 2.09. The van der Waals surface area contributed by atoms with Crippen molar-refractivity contribution in [2.24, 2.45) is 0 Å². The lowest BCUT2D eigenvalue weighted by molar-refractivity contribution is 0.0981. The summed E-state index contributed by atoms with van der Waals surface area (Å²) >= 11 is 0. The lowest BCUT2D eigenvalue weighted by atomic mass is 9.77. The van der Waals surface area contributed by atoms with Crippen LogP contribution in [-0.4, -0.2) is 5.78 Å². The van der Waals surface area contributed by atoms with Gasteiger partial charge in [0, 0.05) is 12.0 Å². The van der Waals surface area contributed by atoms with Crippen LogP contribution in [0.15, 0.2) is 48.5 Å². The molecule has 0 radical (unpaired) electrons. The van der Waals surface area contributed by atoms with Crippen molar-refractivity contribution in [2.45, 2.75) is 44.9 Å². The van der Waals surface area contributed by atoms with Crippen LogP contribution in [0.1, 0.15) is 58.6 Å². The van der Waals surface area contributed by atoms with Crippen LogP contribution in [0, 0.1) is 6.92 Å². The fourth-order valence-corrected chi connectivity index (χ4v) is 2.97. The van der Waals surface area contributed by atoms with Gasteiger partial charge in [0.2, 0.25) is 0 Å². The van der Waals surface area contributed by atoms with Crippen LogP contribution in [0.4, 0.5) is 0 Å². The molecule has 0 spiro atoms. The number of rotatable bonds is 5. The number of Topliss-reactive ketones (excluding diaryl/α,β-unsaturated/α-hetero) is 1. The normalized spacial score (nSPS) is 14.7. The lowest BCUT2D eigenvalue weighted by Gasteiger charge is -2.27. The van der Waals surface area contributed by atoms with Crippen molar-refractivity contribution in [3.05, 3.63) is 70.8 Å². The minimum atomic E-state index is 0.290. The highest BCUT2D eigenvalue weighted by molar-refractivity contribution is 5.97. The summed E-state index contributed by atoms with van der Waals surface area (Å²) in [6.07, 6.45) is 5.21. The van der Waals surface area contributed by atoms with Crippen LogP contribution in [0.3, 0.4) is 0 Å². The minimum Gasteiger partial charge on any atom is -0.294 e. The summed E-state index contributed by atoms with van der Waals surface area (Å²) in [7, 11) is 0. The second-order valence-corrected chi connectivity index (χ2v) is 6.12. The number of benzene rings is 2. The van der Waals surface area contributed by atoms with E-state index in [1.165, 1.54) is 36.0 Å². The molecule has 0 saturated heterocycles. The van der Waals surface area contributed by atoms with Crippen molar-refractivity contribution >= 4 is 5.78 Å². The van der Waals surface area contributed by atoms with Crippen molar-refractivity contribution in [1.29, 1.82) is 0 Å². The molecule has 0 amide bonds. The zero-order valence-corrected chi connectivity index (χ0v) is 12.6. The molecule has 1 fully saturated rings. The quantitative estimate of drug-likeness (QED) is 0.697. The molecule has 3 rings (SSSR count). The van der Waals surface area contributed by atoms with E-state index in [9.17, 15) is 4.79 Å². The summed E-state index contributed by atoms with van der Waals surface area (Å²) in [5.41, 5.74) is 4.74. The molecule has 21 heavy (non-hydrogen) atoms. The first-order chi connectivity index (χ1) is 10.2. The van der Waals surface area contributed by atoms with Crippen molar-refractivity contribution in [1.82, 2.24) is 0 Å². The van der Waals surface area contributed by atoms with E-state index in [0.29, 0.717) is 12.3 Å². The van der Waals surface area contributed by atoms with Gasteiger partial charge in [0.25, 0.3) is 0 Å². The summed E-state index contributed by atoms with van der Waals surface area (Å²) in [4.78, 5) is 12.6. The van der Waals surface area contributed by atoms with Gasteiger partial charge in [-0.25, -0.2) is 0 Å². The van der Waals surface area contributed by atoms with E-state index in [1.807, 2.05) is 12.1 Å². The second-order valence-electron chi connectivity index (χ2n) is 6.12. The van der Waals surface area contributed by atoms with Gasteiger partial charge in [-0.1, -0.05) is 60.5 Å². The number of carbonyl (C=O) groups excluding carboxylic acids is 1. The number of carbonyl (C=O) groups is 1. The van der Waals surface area contributed by atoms with Gasteiger partial charge >= 0.3 is 0 Å². The standard InChI is InChI=1S/C20H22O/c1-15-9-11-16(12-10-15)13-14-20(21)19-8-3-2-7-18(19)17-5-4-6-17/h2-3,7-12,17H,4-6,13-14H2,1H3. The Morgan fingerprint density at radius 3 is 2.43 bits per heavy atom. The SMILES string of the molecule is Cc1ccc(CCC(=O)c2ccccc2C2CCC2)cc1. The number of hydrogen-bond donors (Lipinski definition) is 0. The fraction of sp³-hybridized carbons (Fsp3) is 0.350. The van der Waals surface area contributed by atoms with Crippen molar-refractivity contribution in [3.63, 3.8) is 0 Å². The summed E-state index contributed by atoms with van der Waals surface area (Å²) in [5.74, 6) is 0.905. The third-order valence-electron chi connectivity index (χ3n) is 4.57. The minimum absolute atomic E-state index is 0.290. The van der Waals surface area contributed by atoms with Crippen LogP contribution in [0.5, 0.6) is 0 Å². The Labute approximate surface area is 127 Å². The maximum absolute atomic E-state index is 12.6. The molecular formula is C20H22O. The molecule has 0 atom stereocenters. The first-order valence-electron chi connectivity index (χ1n) is 7.92. The van der Waals surface area contributed by atoms with Gasteiger partial charge in [-0.15, -0.1) is 0 Å². The molecular weight excluding hydrogens is 256 g/mol. The van der Waals surface area contributed by atoms with Gasteiger partial charge in [-0.3, -0.25) is 4.79 Å². The molecule has 0 N–H and O–H groups in total. The summed E-state index contributed by atoms with van der Waals surface area (Å²) < 4.78 is 0. The van der Waals surface area contributed by atoms with E-state index < -0.39 is 0 Å². The molecule has 0 aliphatic heterocycles. The van der Waals surface area contributed by atoms with Crippen LogP contribution in [-0.2, 0) is 6.42 Å². The van der Waals surface area contributed by atoms with Crippen molar-refractivity contribution in [3.8, 4) is 0 Å². The van der Waals surface area contributed by atoms with Gasteiger partial charge in [0.1, 0.15) is 0 Å². The second kappa shape index (κ2) is 6.26. The molecule has 1 aliphatic carbocycles. The molecule has 1 saturated carbocycles. The van der Waals surface area contributed by atoms with Crippen LogP contribution in [0.2, 0.25) is 0 Å². The Balaban J connectivity index is 1.69. The maximum atomic E-state index is 12.6. The Morgan fingerprint density at radius 1 is 1.05 bits per heavy atom. The van der Waals surface area contributed by atoms with Gasteiger partial charge in [0.05, 0.1) is 0 Å². The highest BCUT2D eigenvalue weighted by Crippen LogP contribution is 2.38. The maximum Gasteiger partial charge on any atom is 0.163 e. The predicted molar refractivity (Wildman–Crippen MR) is 86.9 cm³/mol. The van der Waals surface area contributed by atoms with Gasteiger partial charge in [0.15, 0.2) is 5.78 Å². The molecule has 1 nitrogen and oxygen atoms in total. The third-order valence-corrected chi connectivity index (χ3v) is 4.57. The molecule has 1 aliphatic rings. The Bertz CT molecular complexity index is 621. The smallest absolute Gasteiger partial charge is 0.163 e. The molecule has 108 valence electrons. The van der Waals surface area contributed by atoms with Crippen LogP contribution >= 0.6 is 0 Å². The van der Waals surface area contributed by atoms with Gasteiger partial charge in [-0.05, 0) is 43.2 Å². The van der Waals surface area contributed by atoms with E-state index in [1.54, 1.807) is 0 Å². The van der Waals surface area contributed by atoms with Gasteiger partial charge < -0.3 is 0 Å². The summed E-state index contributed by atoms with van der Waals surface area (Å²) in [6, 6.07) is 16.7. The average Bonchev–Trinajstić information content (AvgIpc) is 2.45. The van der Waals surface area contributed by atoms with E-state index in [0.717, 1.165) is 12.0 Å². The number of hydrogen-bond acceptors (Lipinski definition) is 1. The Hall–Kier alpha value is -1.89. The largest absolute Gasteiger partial charge is 0.294 e. The van der Waals surface area contributed by atoms with Crippen LogP contribution < -0.4 is 0 Å². The fourth-order valence-electron chi connectivity index (χ4n) is 2.97. The lowest BCUT2D eigenvalue weighted by Crippen LogP contribution is -2.14. The topological polar surface area (TPSA) is 17.1 Å². The number of ketones is 1. The van der Waals surface area contributed by atoms with Gasteiger partial charge in [-0.2, -0.15) is 0 Å². The molecule has 0 aromatic heterocycles. The van der Waals surface area contributed by atoms with E-state index >= 15 is 0 Å². The van der Waals surface area contributed by atoms with Crippen molar-refractivity contribution < 1.29 is 4.79 Å². The Morgan fingerprint density at radius 2 is 1.76 bits per heavy atom. The van der Waals surface area contributed by atoms with E-state index in [-0.39, 0.29) is 5.78 Å². The average molecular weight is 278 g/mol. The molecule has 0 heterocycles. The molecule has 0 bridgehead atoms. The third kappa shape index (κ3) is 3.24. The van der Waals surface area contributed by atoms with Crippen LogP contribution in [0.25, 0.3) is 0 Å². The highest BCUT2D eigenvalue weighted by Gasteiger charge is 2.23. The summed E-state index contributed by atoms with van der Waals surface area (Å²) in [5, 5.41) is 0. The zero-order valence-electron chi connectivity index (χ0n) is 12.6. The van der Waals surface area contributed by atoms with E-state index in [2.05, 4.69) is 43.3 Å². The number of aryl methyl sites for hydroxylation is 2. The van der Waals surface area contributed by atoms with E-state index in [4.69, 9.17) is 0 Å². The van der Waals surface area contributed by atoms with Crippen molar-refractivity contribution in [2.75, 3.05) is 0 Å². The monoisotopic (exact) mass is 278 g/mol. The highest BCUT2D eigenvalue weighted by atomic mass is 16.1. The molecule has 1 heteroatoms. The Kier molecular flexibility index (Phi) is 4.19.